The highest BCUT2D eigenvalue weighted by molar-refractivity contribution is 6.29. The lowest BCUT2D eigenvalue weighted by Gasteiger charge is -2.07. The van der Waals surface area contributed by atoms with Crippen LogP contribution in [0.15, 0.2) is 67.0 Å². The Balaban J connectivity index is 1.89. The van der Waals surface area contributed by atoms with E-state index in [9.17, 15) is 0 Å². The molecule has 0 atom stereocenters. The van der Waals surface area contributed by atoms with Gasteiger partial charge in [0.05, 0.1) is 0 Å². The second-order valence-corrected chi connectivity index (χ2v) is 6.23. The van der Waals surface area contributed by atoms with Crippen LogP contribution in [-0.2, 0) is 6.42 Å². The monoisotopic (exact) mass is 332 g/mol. The smallest absolute Gasteiger partial charge is 0.129 e. The van der Waals surface area contributed by atoms with E-state index < -0.39 is 0 Å². The minimum atomic E-state index is 0.513. The highest BCUT2D eigenvalue weighted by atomic mass is 35.5. The van der Waals surface area contributed by atoms with Gasteiger partial charge in [-0.2, -0.15) is 0 Å². The fraction of sp³-hybridized carbons (Fsp3) is 0.0952. The SMILES string of the molecule is CCc1ccccc1-c1c[nH]c2ccc(-c3ccc(Cl)nc3)cc12. The fourth-order valence-electron chi connectivity index (χ4n) is 3.16. The Labute approximate surface area is 146 Å². The third kappa shape index (κ3) is 2.59. The average molecular weight is 333 g/mol. The number of halogens is 1. The standard InChI is InChI=1S/C21H17ClN2/c1-2-14-5-3-4-6-17(14)19-13-23-20-9-7-15(11-18(19)20)16-8-10-21(22)24-12-16/h3-13,23H,2H2,1H3. The number of nitrogens with one attached hydrogen (secondary N) is 1. The quantitative estimate of drug-likeness (QED) is 0.450. The van der Waals surface area contributed by atoms with Crippen molar-refractivity contribution in [1.29, 1.82) is 0 Å². The highest BCUT2D eigenvalue weighted by Gasteiger charge is 2.10. The third-order valence-corrected chi connectivity index (χ3v) is 4.65. The molecule has 2 aromatic heterocycles. The van der Waals surface area contributed by atoms with Crippen molar-refractivity contribution in [3.63, 3.8) is 0 Å². The highest BCUT2D eigenvalue weighted by Crippen LogP contribution is 2.34. The molecule has 4 aromatic rings. The number of aryl methyl sites for hydroxylation is 1. The Morgan fingerprint density at radius 3 is 2.58 bits per heavy atom. The molecule has 0 fully saturated rings. The number of H-pyrrole nitrogens is 1. The number of hydrogen-bond donors (Lipinski definition) is 1. The number of nitrogens with zero attached hydrogens (tertiary/aromatic N) is 1. The van der Waals surface area contributed by atoms with Crippen molar-refractivity contribution in [2.45, 2.75) is 13.3 Å². The van der Waals surface area contributed by atoms with Gasteiger partial charge >= 0.3 is 0 Å². The van der Waals surface area contributed by atoms with Crippen LogP contribution in [0.4, 0.5) is 0 Å². The van der Waals surface area contributed by atoms with E-state index >= 15 is 0 Å². The summed E-state index contributed by atoms with van der Waals surface area (Å²) in [5.41, 5.74) is 7.24. The van der Waals surface area contributed by atoms with Crippen LogP contribution in [0.1, 0.15) is 12.5 Å². The molecule has 0 bridgehead atoms. The summed E-state index contributed by atoms with van der Waals surface area (Å²) in [6.45, 7) is 2.19. The average Bonchev–Trinajstić information content (AvgIpc) is 3.05. The van der Waals surface area contributed by atoms with Crippen LogP contribution in [0.25, 0.3) is 33.2 Å². The van der Waals surface area contributed by atoms with Crippen molar-refractivity contribution < 1.29 is 0 Å². The molecule has 0 spiro atoms. The van der Waals surface area contributed by atoms with Crippen LogP contribution in [-0.4, -0.2) is 9.97 Å². The molecule has 2 aromatic carbocycles. The van der Waals surface area contributed by atoms with Gasteiger partial charge in [-0.05, 0) is 47.4 Å². The minimum absolute atomic E-state index is 0.513. The number of benzene rings is 2. The number of aromatic amines is 1. The fourth-order valence-corrected chi connectivity index (χ4v) is 3.27. The van der Waals surface area contributed by atoms with E-state index in [2.05, 4.69) is 65.6 Å². The van der Waals surface area contributed by atoms with Gasteiger partial charge in [0.2, 0.25) is 0 Å². The molecule has 0 radical (unpaired) electrons. The van der Waals surface area contributed by atoms with Crippen LogP contribution in [0.3, 0.4) is 0 Å². The Bertz CT molecular complexity index is 1000. The lowest BCUT2D eigenvalue weighted by molar-refractivity contribution is 1.14. The number of pyridine rings is 1. The molecule has 1 N–H and O–H groups in total. The summed E-state index contributed by atoms with van der Waals surface area (Å²) in [7, 11) is 0. The molecular weight excluding hydrogens is 316 g/mol. The van der Waals surface area contributed by atoms with Gasteiger partial charge in [-0.3, -0.25) is 0 Å². The minimum Gasteiger partial charge on any atom is -0.361 e. The predicted molar refractivity (Wildman–Crippen MR) is 101 cm³/mol. The summed E-state index contributed by atoms with van der Waals surface area (Å²) < 4.78 is 0. The van der Waals surface area contributed by atoms with Crippen molar-refractivity contribution in [3.05, 3.63) is 77.7 Å². The summed E-state index contributed by atoms with van der Waals surface area (Å²) in [6, 6.07) is 18.9. The maximum atomic E-state index is 5.90. The first-order valence-electron chi connectivity index (χ1n) is 8.07. The molecule has 0 saturated heterocycles. The van der Waals surface area contributed by atoms with E-state index in [1.165, 1.54) is 22.1 Å². The third-order valence-electron chi connectivity index (χ3n) is 4.43. The normalized spacial score (nSPS) is 11.1. The Morgan fingerprint density at radius 1 is 0.958 bits per heavy atom. The summed E-state index contributed by atoms with van der Waals surface area (Å²) in [5, 5.41) is 1.74. The maximum Gasteiger partial charge on any atom is 0.129 e. The van der Waals surface area contributed by atoms with Crippen molar-refractivity contribution in [2.75, 3.05) is 0 Å². The van der Waals surface area contributed by atoms with E-state index in [1.54, 1.807) is 0 Å². The van der Waals surface area contributed by atoms with Gasteiger partial charge in [-0.25, -0.2) is 4.98 Å². The molecule has 0 aliphatic heterocycles. The van der Waals surface area contributed by atoms with Gasteiger partial charge in [0.15, 0.2) is 0 Å². The molecule has 24 heavy (non-hydrogen) atoms. The maximum absolute atomic E-state index is 5.90. The van der Waals surface area contributed by atoms with Crippen LogP contribution < -0.4 is 0 Å². The molecular formula is C21H17ClN2. The van der Waals surface area contributed by atoms with Crippen LogP contribution in [0, 0.1) is 0 Å². The first-order chi connectivity index (χ1) is 11.8. The Morgan fingerprint density at radius 2 is 1.79 bits per heavy atom. The second kappa shape index (κ2) is 6.14. The summed E-state index contributed by atoms with van der Waals surface area (Å²) in [4.78, 5) is 7.58. The second-order valence-electron chi connectivity index (χ2n) is 5.84. The van der Waals surface area contributed by atoms with Crippen molar-refractivity contribution >= 4 is 22.5 Å². The van der Waals surface area contributed by atoms with E-state index in [0.717, 1.165) is 23.1 Å². The zero-order chi connectivity index (χ0) is 16.5. The molecule has 2 nitrogen and oxygen atoms in total. The Kier molecular flexibility index (Phi) is 3.83. The van der Waals surface area contributed by atoms with Gasteiger partial charge in [0, 0.05) is 34.4 Å². The Hall–Kier alpha value is -2.58. The predicted octanol–water partition coefficient (Wildman–Crippen LogP) is 6.11. The van der Waals surface area contributed by atoms with Gasteiger partial charge in [-0.15, -0.1) is 0 Å². The molecule has 0 saturated carbocycles. The van der Waals surface area contributed by atoms with Crippen molar-refractivity contribution in [3.8, 4) is 22.3 Å². The van der Waals surface area contributed by atoms with Crippen LogP contribution in [0.5, 0.6) is 0 Å². The molecule has 118 valence electrons. The summed E-state index contributed by atoms with van der Waals surface area (Å²) in [6.07, 6.45) is 4.93. The molecule has 2 heterocycles. The van der Waals surface area contributed by atoms with E-state index in [-0.39, 0.29) is 0 Å². The van der Waals surface area contributed by atoms with E-state index in [0.29, 0.717) is 5.15 Å². The van der Waals surface area contributed by atoms with Gasteiger partial charge < -0.3 is 4.98 Å². The first-order valence-corrected chi connectivity index (χ1v) is 8.45. The van der Waals surface area contributed by atoms with Gasteiger partial charge in [-0.1, -0.05) is 48.9 Å². The number of fused-ring (bicyclic) bond motifs is 1. The van der Waals surface area contributed by atoms with E-state index in [4.69, 9.17) is 11.6 Å². The molecule has 3 heteroatoms. The van der Waals surface area contributed by atoms with Crippen LogP contribution >= 0.6 is 11.6 Å². The van der Waals surface area contributed by atoms with Crippen molar-refractivity contribution in [1.82, 2.24) is 9.97 Å². The molecule has 0 unspecified atom stereocenters. The van der Waals surface area contributed by atoms with Crippen molar-refractivity contribution in [2.24, 2.45) is 0 Å². The van der Waals surface area contributed by atoms with Gasteiger partial charge in [0.25, 0.3) is 0 Å². The summed E-state index contributed by atoms with van der Waals surface area (Å²) >= 11 is 5.90. The largest absolute Gasteiger partial charge is 0.361 e. The van der Waals surface area contributed by atoms with Gasteiger partial charge in [0.1, 0.15) is 5.15 Å². The van der Waals surface area contributed by atoms with E-state index in [1.807, 2.05) is 18.3 Å². The zero-order valence-electron chi connectivity index (χ0n) is 13.4. The molecule has 4 rings (SSSR count). The van der Waals surface area contributed by atoms with Crippen LogP contribution in [0.2, 0.25) is 5.15 Å². The molecule has 0 amide bonds. The number of aromatic nitrogens is 2. The number of rotatable bonds is 3. The number of hydrogen-bond acceptors (Lipinski definition) is 1. The molecule has 0 aliphatic rings. The lowest BCUT2D eigenvalue weighted by Crippen LogP contribution is -1.86. The first kappa shape index (κ1) is 15.0. The topological polar surface area (TPSA) is 28.7 Å². The molecule has 0 aliphatic carbocycles. The summed E-state index contributed by atoms with van der Waals surface area (Å²) in [5.74, 6) is 0. The lowest BCUT2D eigenvalue weighted by atomic mass is 9.96. The zero-order valence-corrected chi connectivity index (χ0v) is 14.1.